The highest BCUT2D eigenvalue weighted by molar-refractivity contribution is 9.11. The predicted octanol–water partition coefficient (Wildman–Crippen LogP) is 4.67. The van der Waals surface area contributed by atoms with Crippen molar-refractivity contribution in [2.24, 2.45) is 0 Å². The molecule has 0 amide bonds. The van der Waals surface area contributed by atoms with Crippen LogP contribution in [0.1, 0.15) is 11.1 Å². The highest BCUT2D eigenvalue weighted by Crippen LogP contribution is 2.30. The molecule has 0 bridgehead atoms. The molecule has 0 spiro atoms. The van der Waals surface area contributed by atoms with Crippen LogP contribution in [0.4, 0.5) is 0 Å². The van der Waals surface area contributed by atoms with E-state index >= 15 is 0 Å². The molecule has 2 aromatic rings. The molecule has 0 aliphatic heterocycles. The number of methoxy groups -OCH3 is 1. The first kappa shape index (κ1) is 14.9. The second kappa shape index (κ2) is 6.78. The van der Waals surface area contributed by atoms with Gasteiger partial charge in [0.05, 0.1) is 23.2 Å². The number of hydrogen-bond donors (Lipinski definition) is 0. The minimum Gasteiger partial charge on any atom is -0.496 e. The highest BCUT2D eigenvalue weighted by Gasteiger charge is 2.07. The summed E-state index contributed by atoms with van der Waals surface area (Å²) in [4.78, 5) is 0. The van der Waals surface area contributed by atoms with Gasteiger partial charge in [-0.1, -0.05) is 15.9 Å². The van der Waals surface area contributed by atoms with Gasteiger partial charge in [0.15, 0.2) is 0 Å². The van der Waals surface area contributed by atoms with Crippen molar-refractivity contribution in [2.75, 3.05) is 7.11 Å². The summed E-state index contributed by atoms with van der Waals surface area (Å²) < 4.78 is 12.9. The fourth-order valence-corrected chi connectivity index (χ4v) is 2.87. The molecule has 0 saturated heterocycles. The molecule has 0 aliphatic carbocycles. The summed E-state index contributed by atoms with van der Waals surface area (Å²) in [6.45, 7) is 0.332. The minimum atomic E-state index is 0.332. The Bertz CT molecular complexity index is 665. The first-order valence-corrected chi connectivity index (χ1v) is 7.37. The second-order valence-corrected chi connectivity index (χ2v) is 5.77. The minimum absolute atomic E-state index is 0.332. The van der Waals surface area contributed by atoms with Gasteiger partial charge in [-0.3, -0.25) is 0 Å². The van der Waals surface area contributed by atoms with Crippen LogP contribution in [0.15, 0.2) is 45.3 Å². The number of nitrogens with zero attached hydrogens (tertiary/aromatic N) is 1. The number of rotatable bonds is 4. The summed E-state index contributed by atoms with van der Waals surface area (Å²) in [5.74, 6) is 1.44. The summed E-state index contributed by atoms with van der Waals surface area (Å²) in [6, 6.07) is 13.1. The third-order valence-corrected chi connectivity index (χ3v) is 3.80. The summed E-state index contributed by atoms with van der Waals surface area (Å²) in [5.41, 5.74) is 1.42. The molecule has 0 fully saturated rings. The van der Waals surface area contributed by atoms with Gasteiger partial charge in [-0.15, -0.1) is 0 Å². The Morgan fingerprint density at radius 3 is 2.50 bits per heavy atom. The Hall–Kier alpha value is -1.51. The van der Waals surface area contributed by atoms with Crippen molar-refractivity contribution < 1.29 is 9.47 Å². The zero-order valence-corrected chi connectivity index (χ0v) is 13.9. The van der Waals surface area contributed by atoms with E-state index < -0.39 is 0 Å². The molecule has 0 N–H and O–H groups in total. The van der Waals surface area contributed by atoms with Crippen LogP contribution in [0.3, 0.4) is 0 Å². The van der Waals surface area contributed by atoms with E-state index in [1.165, 1.54) is 0 Å². The van der Waals surface area contributed by atoms with Crippen molar-refractivity contribution in [2.45, 2.75) is 6.61 Å². The maximum absolute atomic E-state index is 8.94. The molecule has 0 unspecified atom stereocenters. The standard InChI is InChI=1S/C15H11Br2NO2/c1-19-14-4-2-10(8-18)6-11(14)9-20-15-5-3-12(16)7-13(15)17/h2-7H,9H2,1H3. The zero-order valence-electron chi connectivity index (χ0n) is 10.7. The van der Waals surface area contributed by atoms with Crippen molar-refractivity contribution in [1.29, 1.82) is 5.26 Å². The van der Waals surface area contributed by atoms with Crippen LogP contribution in [-0.4, -0.2) is 7.11 Å². The largest absolute Gasteiger partial charge is 0.496 e. The van der Waals surface area contributed by atoms with E-state index in [9.17, 15) is 0 Å². The molecule has 0 radical (unpaired) electrons. The normalized spacial score (nSPS) is 9.90. The molecule has 20 heavy (non-hydrogen) atoms. The van der Waals surface area contributed by atoms with Crippen molar-refractivity contribution in [1.82, 2.24) is 0 Å². The molecule has 5 heteroatoms. The maximum atomic E-state index is 8.94. The SMILES string of the molecule is COc1ccc(C#N)cc1COc1ccc(Br)cc1Br. The lowest BCUT2D eigenvalue weighted by Crippen LogP contribution is -2.00. The Labute approximate surface area is 134 Å². The van der Waals surface area contributed by atoms with E-state index in [0.29, 0.717) is 17.9 Å². The van der Waals surface area contributed by atoms with E-state index in [-0.39, 0.29) is 0 Å². The topological polar surface area (TPSA) is 42.2 Å². The first-order valence-electron chi connectivity index (χ1n) is 5.79. The molecule has 0 heterocycles. The Balaban J connectivity index is 2.20. The Morgan fingerprint density at radius 1 is 1.10 bits per heavy atom. The van der Waals surface area contributed by atoms with Crippen LogP contribution in [-0.2, 0) is 6.61 Å². The first-order chi connectivity index (χ1) is 9.63. The molecule has 2 rings (SSSR count). The van der Waals surface area contributed by atoms with Crippen LogP contribution in [0.25, 0.3) is 0 Å². The Kier molecular flexibility index (Phi) is 5.05. The van der Waals surface area contributed by atoms with Gasteiger partial charge in [0.1, 0.15) is 18.1 Å². The average Bonchev–Trinajstić information content (AvgIpc) is 2.46. The summed E-state index contributed by atoms with van der Waals surface area (Å²) in [6.07, 6.45) is 0. The van der Waals surface area contributed by atoms with E-state index in [1.54, 1.807) is 25.3 Å². The van der Waals surface area contributed by atoms with E-state index in [4.69, 9.17) is 14.7 Å². The molecule has 3 nitrogen and oxygen atoms in total. The van der Waals surface area contributed by atoms with Crippen molar-refractivity contribution in [3.05, 3.63) is 56.5 Å². The van der Waals surface area contributed by atoms with Crippen molar-refractivity contribution in [3.8, 4) is 17.6 Å². The van der Waals surface area contributed by atoms with Crippen LogP contribution < -0.4 is 9.47 Å². The fraction of sp³-hybridized carbons (Fsp3) is 0.133. The third-order valence-electron chi connectivity index (χ3n) is 2.69. The highest BCUT2D eigenvalue weighted by atomic mass is 79.9. The molecule has 0 saturated carbocycles. The van der Waals surface area contributed by atoms with Crippen LogP contribution >= 0.6 is 31.9 Å². The number of hydrogen-bond acceptors (Lipinski definition) is 3. The zero-order chi connectivity index (χ0) is 14.5. The van der Waals surface area contributed by atoms with Gasteiger partial charge in [-0.2, -0.15) is 5.26 Å². The fourth-order valence-electron chi connectivity index (χ4n) is 1.71. The lowest BCUT2D eigenvalue weighted by Gasteiger charge is -2.12. The quantitative estimate of drug-likeness (QED) is 0.753. The average molecular weight is 397 g/mol. The van der Waals surface area contributed by atoms with Crippen molar-refractivity contribution >= 4 is 31.9 Å². The van der Waals surface area contributed by atoms with E-state index in [1.807, 2.05) is 18.2 Å². The number of halogens is 2. The molecule has 0 aromatic heterocycles. The summed E-state index contributed by atoms with van der Waals surface area (Å²) >= 11 is 6.84. The third kappa shape index (κ3) is 3.53. The summed E-state index contributed by atoms with van der Waals surface area (Å²) in [7, 11) is 1.60. The van der Waals surface area contributed by atoms with Crippen molar-refractivity contribution in [3.63, 3.8) is 0 Å². The monoisotopic (exact) mass is 395 g/mol. The van der Waals surface area contributed by atoms with E-state index in [0.717, 1.165) is 20.3 Å². The van der Waals surface area contributed by atoms with Gasteiger partial charge in [0.2, 0.25) is 0 Å². The smallest absolute Gasteiger partial charge is 0.134 e. The van der Waals surface area contributed by atoms with Gasteiger partial charge < -0.3 is 9.47 Å². The molecule has 0 atom stereocenters. The number of ether oxygens (including phenoxy) is 2. The van der Waals surface area contributed by atoms with Gasteiger partial charge in [-0.25, -0.2) is 0 Å². The van der Waals surface area contributed by atoms with Gasteiger partial charge in [0, 0.05) is 10.0 Å². The lowest BCUT2D eigenvalue weighted by atomic mass is 10.1. The molecular weight excluding hydrogens is 386 g/mol. The second-order valence-electron chi connectivity index (χ2n) is 4.00. The molecule has 2 aromatic carbocycles. The van der Waals surface area contributed by atoms with Gasteiger partial charge in [-0.05, 0) is 52.3 Å². The molecule has 0 aliphatic rings. The van der Waals surface area contributed by atoms with Gasteiger partial charge in [0.25, 0.3) is 0 Å². The van der Waals surface area contributed by atoms with Crippen LogP contribution in [0.2, 0.25) is 0 Å². The number of benzene rings is 2. The van der Waals surface area contributed by atoms with E-state index in [2.05, 4.69) is 37.9 Å². The molecular formula is C15H11Br2NO2. The maximum Gasteiger partial charge on any atom is 0.134 e. The predicted molar refractivity (Wildman–Crippen MR) is 83.9 cm³/mol. The Morgan fingerprint density at radius 2 is 1.85 bits per heavy atom. The molecule has 102 valence electrons. The van der Waals surface area contributed by atoms with Gasteiger partial charge >= 0.3 is 0 Å². The lowest BCUT2D eigenvalue weighted by molar-refractivity contribution is 0.295. The van der Waals surface area contributed by atoms with Crippen LogP contribution in [0.5, 0.6) is 11.5 Å². The number of nitriles is 1. The summed E-state index contributed by atoms with van der Waals surface area (Å²) in [5, 5.41) is 8.94. The van der Waals surface area contributed by atoms with Crippen LogP contribution in [0, 0.1) is 11.3 Å².